The van der Waals surface area contributed by atoms with Crippen molar-refractivity contribution in [2.75, 3.05) is 11.8 Å². The largest absolute Gasteiger partial charge is 0.497 e. The van der Waals surface area contributed by atoms with Gasteiger partial charge in [-0.25, -0.2) is 13.4 Å². The number of hydrogen-bond acceptors (Lipinski definition) is 5. The summed E-state index contributed by atoms with van der Waals surface area (Å²) in [6.07, 6.45) is 0. The number of benzene rings is 3. The number of aryl methyl sites for hydroxylation is 1. The third-order valence-corrected chi connectivity index (χ3v) is 7.79. The number of sulfonamides is 1. The molecule has 4 rings (SSSR count). The van der Waals surface area contributed by atoms with E-state index in [4.69, 9.17) is 9.72 Å². The first-order valence-electron chi connectivity index (χ1n) is 10.3. The van der Waals surface area contributed by atoms with E-state index >= 15 is 0 Å². The molecule has 1 aromatic heterocycles. The van der Waals surface area contributed by atoms with Crippen molar-refractivity contribution in [1.29, 1.82) is 0 Å². The molecule has 5 nitrogen and oxygen atoms in total. The van der Waals surface area contributed by atoms with E-state index in [1.54, 1.807) is 36.6 Å². The average molecular weight is 467 g/mol. The summed E-state index contributed by atoms with van der Waals surface area (Å²) in [5, 5.41) is 0.878. The number of nitrogens with one attached hydrogen (secondary N) is 1. The third kappa shape index (κ3) is 4.49. The number of fused-ring (bicyclic) bond motifs is 1. The summed E-state index contributed by atoms with van der Waals surface area (Å²) in [5.74, 6) is 0.796. The maximum absolute atomic E-state index is 12.9. The number of thiazole rings is 1. The predicted molar refractivity (Wildman–Crippen MR) is 132 cm³/mol. The number of anilines is 1. The summed E-state index contributed by atoms with van der Waals surface area (Å²) in [7, 11) is -2.04. The molecular formula is C25H26N2O3S2. The average Bonchev–Trinajstić information content (AvgIpc) is 3.18. The van der Waals surface area contributed by atoms with Gasteiger partial charge in [0.25, 0.3) is 10.0 Å². The predicted octanol–water partition coefficient (Wildman–Crippen LogP) is 6.38. The molecule has 1 heterocycles. The Balaban J connectivity index is 1.59. The van der Waals surface area contributed by atoms with Gasteiger partial charge in [0, 0.05) is 5.56 Å². The van der Waals surface area contributed by atoms with Crippen LogP contribution in [0.4, 0.5) is 5.69 Å². The highest BCUT2D eigenvalue weighted by molar-refractivity contribution is 7.92. The van der Waals surface area contributed by atoms with Gasteiger partial charge in [0.15, 0.2) is 0 Å². The van der Waals surface area contributed by atoms with Crippen LogP contribution in [0.3, 0.4) is 0 Å². The van der Waals surface area contributed by atoms with Gasteiger partial charge in [-0.05, 0) is 72.0 Å². The van der Waals surface area contributed by atoms with Gasteiger partial charge < -0.3 is 4.74 Å². The lowest BCUT2D eigenvalue weighted by Gasteiger charge is -2.19. The normalized spacial score (nSPS) is 12.2. The zero-order valence-corrected chi connectivity index (χ0v) is 20.4. The van der Waals surface area contributed by atoms with E-state index in [0.717, 1.165) is 37.7 Å². The van der Waals surface area contributed by atoms with Gasteiger partial charge in [0.05, 0.1) is 27.9 Å². The lowest BCUT2D eigenvalue weighted by molar-refractivity contribution is 0.415. The van der Waals surface area contributed by atoms with Crippen molar-refractivity contribution < 1.29 is 13.2 Å². The first kappa shape index (κ1) is 22.3. The van der Waals surface area contributed by atoms with E-state index in [-0.39, 0.29) is 10.3 Å². The van der Waals surface area contributed by atoms with Crippen LogP contribution in [0.25, 0.3) is 20.8 Å². The lowest BCUT2D eigenvalue weighted by atomic mass is 9.87. The minimum Gasteiger partial charge on any atom is -0.497 e. The monoisotopic (exact) mass is 466 g/mol. The Morgan fingerprint density at radius 1 is 0.969 bits per heavy atom. The molecule has 0 unspecified atom stereocenters. The first-order chi connectivity index (χ1) is 15.1. The lowest BCUT2D eigenvalue weighted by Crippen LogP contribution is -2.15. The zero-order chi connectivity index (χ0) is 23.1. The Morgan fingerprint density at radius 3 is 2.31 bits per heavy atom. The molecule has 0 aliphatic rings. The Bertz CT molecular complexity index is 1380. The Morgan fingerprint density at radius 2 is 1.69 bits per heavy atom. The van der Waals surface area contributed by atoms with Crippen molar-refractivity contribution in [3.05, 3.63) is 71.8 Å². The Labute approximate surface area is 193 Å². The van der Waals surface area contributed by atoms with Crippen molar-refractivity contribution in [1.82, 2.24) is 4.98 Å². The minimum absolute atomic E-state index is 0.0338. The number of nitrogens with zero attached hydrogens (tertiary/aromatic N) is 1. The molecular weight excluding hydrogens is 440 g/mol. The molecule has 0 aliphatic heterocycles. The molecule has 0 saturated heterocycles. The maximum atomic E-state index is 12.9. The molecule has 32 heavy (non-hydrogen) atoms. The van der Waals surface area contributed by atoms with Crippen LogP contribution in [0.5, 0.6) is 5.75 Å². The molecule has 3 aromatic carbocycles. The van der Waals surface area contributed by atoms with Crippen LogP contribution in [-0.2, 0) is 15.4 Å². The van der Waals surface area contributed by atoms with Crippen LogP contribution in [0.1, 0.15) is 31.9 Å². The molecule has 0 fully saturated rings. The molecule has 0 amide bonds. The smallest absolute Gasteiger partial charge is 0.261 e. The summed E-state index contributed by atoms with van der Waals surface area (Å²) >= 11 is 1.58. The van der Waals surface area contributed by atoms with Crippen LogP contribution in [0.2, 0.25) is 0 Å². The van der Waals surface area contributed by atoms with E-state index in [1.165, 1.54) is 0 Å². The second kappa shape index (κ2) is 8.22. The third-order valence-electron chi connectivity index (χ3n) is 5.34. The summed E-state index contributed by atoms with van der Waals surface area (Å²) in [4.78, 5) is 4.95. The quantitative estimate of drug-likeness (QED) is 0.371. The van der Waals surface area contributed by atoms with Crippen LogP contribution in [0, 0.1) is 6.92 Å². The van der Waals surface area contributed by atoms with Crippen molar-refractivity contribution in [2.45, 2.75) is 38.0 Å². The van der Waals surface area contributed by atoms with Gasteiger partial charge in [-0.3, -0.25) is 4.72 Å². The SMILES string of the molecule is COc1ccc2nc(-c3ccc(NS(=O)(=O)c4ccc(C(C)(C)C)cc4)c(C)c3)sc2c1. The summed E-state index contributed by atoms with van der Waals surface area (Å²) < 4.78 is 34.9. The number of ether oxygens (including phenoxy) is 1. The summed E-state index contributed by atoms with van der Waals surface area (Å²) in [6, 6.07) is 18.5. The van der Waals surface area contributed by atoms with Gasteiger partial charge in [-0.2, -0.15) is 0 Å². The van der Waals surface area contributed by atoms with Crippen LogP contribution >= 0.6 is 11.3 Å². The van der Waals surface area contributed by atoms with E-state index in [2.05, 4.69) is 25.5 Å². The van der Waals surface area contributed by atoms with Gasteiger partial charge >= 0.3 is 0 Å². The van der Waals surface area contributed by atoms with E-state index in [9.17, 15) is 8.42 Å². The van der Waals surface area contributed by atoms with Crippen molar-refractivity contribution in [3.63, 3.8) is 0 Å². The van der Waals surface area contributed by atoms with Gasteiger partial charge in [-0.15, -0.1) is 11.3 Å². The molecule has 4 aromatic rings. The number of aromatic nitrogens is 1. The van der Waals surface area contributed by atoms with Crippen molar-refractivity contribution >= 4 is 37.3 Å². The fourth-order valence-electron chi connectivity index (χ4n) is 3.40. The van der Waals surface area contributed by atoms with Gasteiger partial charge in [0.1, 0.15) is 10.8 Å². The number of methoxy groups -OCH3 is 1. The standard InChI is InChI=1S/C25H26N2O3S2/c1-16-14-17(24-26-22-13-9-19(30-5)15-23(22)31-24)6-12-21(16)27-32(28,29)20-10-7-18(8-11-20)25(2,3)4/h6-15,27H,1-5H3. The topological polar surface area (TPSA) is 68.3 Å². The molecule has 1 N–H and O–H groups in total. The first-order valence-corrected chi connectivity index (χ1v) is 12.6. The van der Waals surface area contributed by atoms with Gasteiger partial charge in [0.2, 0.25) is 0 Å². The van der Waals surface area contributed by atoms with Crippen LogP contribution in [-0.4, -0.2) is 20.5 Å². The molecule has 0 spiro atoms. The van der Waals surface area contributed by atoms with E-state index in [0.29, 0.717) is 5.69 Å². The van der Waals surface area contributed by atoms with Crippen LogP contribution in [0.15, 0.2) is 65.6 Å². The second-order valence-corrected chi connectivity index (χ2v) is 11.5. The zero-order valence-electron chi connectivity index (χ0n) is 18.8. The number of hydrogen-bond donors (Lipinski definition) is 1. The molecule has 0 aliphatic carbocycles. The second-order valence-electron chi connectivity index (χ2n) is 8.76. The van der Waals surface area contributed by atoms with Crippen molar-refractivity contribution in [3.8, 4) is 16.3 Å². The number of rotatable bonds is 5. The highest BCUT2D eigenvalue weighted by Gasteiger charge is 2.19. The molecule has 0 atom stereocenters. The molecule has 166 valence electrons. The summed E-state index contributed by atoms with van der Waals surface area (Å²) in [6.45, 7) is 8.19. The Hall–Kier alpha value is -2.90. The highest BCUT2D eigenvalue weighted by atomic mass is 32.2. The minimum atomic E-state index is -3.68. The highest BCUT2D eigenvalue weighted by Crippen LogP contribution is 2.34. The van der Waals surface area contributed by atoms with Crippen molar-refractivity contribution in [2.24, 2.45) is 0 Å². The molecule has 7 heteroatoms. The fraction of sp³-hybridized carbons (Fsp3) is 0.240. The Kier molecular flexibility index (Phi) is 5.73. The molecule has 0 bridgehead atoms. The maximum Gasteiger partial charge on any atom is 0.261 e. The van der Waals surface area contributed by atoms with Gasteiger partial charge in [-0.1, -0.05) is 32.9 Å². The molecule has 0 saturated carbocycles. The van der Waals surface area contributed by atoms with Crippen LogP contribution < -0.4 is 9.46 Å². The summed E-state index contributed by atoms with van der Waals surface area (Å²) in [5.41, 5.74) is 4.29. The van der Waals surface area contributed by atoms with E-state index < -0.39 is 10.0 Å². The molecule has 0 radical (unpaired) electrons. The fourth-order valence-corrected chi connectivity index (χ4v) is 5.53. The van der Waals surface area contributed by atoms with E-state index in [1.807, 2.05) is 49.4 Å².